The third-order valence-corrected chi connectivity index (χ3v) is 3.72. The van der Waals surface area contributed by atoms with E-state index in [1.807, 2.05) is 48.5 Å². The summed E-state index contributed by atoms with van der Waals surface area (Å²) in [7, 11) is 0. The summed E-state index contributed by atoms with van der Waals surface area (Å²) in [5.41, 5.74) is 14.6. The highest BCUT2D eigenvalue weighted by molar-refractivity contribution is 5.74. The van der Waals surface area contributed by atoms with E-state index in [1.54, 1.807) is 24.3 Å². The molecule has 0 fully saturated rings. The molecule has 130 valence electrons. The predicted molar refractivity (Wildman–Crippen MR) is 102 cm³/mol. The quantitative estimate of drug-likeness (QED) is 0.426. The van der Waals surface area contributed by atoms with Crippen LogP contribution in [0.4, 0.5) is 0 Å². The van der Waals surface area contributed by atoms with E-state index in [9.17, 15) is 0 Å². The number of nitrogens with one attached hydrogen (secondary N) is 2. The molecule has 0 radical (unpaired) electrons. The topological polar surface area (TPSA) is 118 Å². The molecule has 3 rings (SSSR count). The van der Waals surface area contributed by atoms with E-state index in [4.69, 9.17) is 31.8 Å². The fraction of sp³-hybridized carbons (Fsp3) is 0. The zero-order valence-electron chi connectivity index (χ0n) is 13.9. The highest BCUT2D eigenvalue weighted by Gasteiger charge is 2.03. The van der Waals surface area contributed by atoms with E-state index in [0.29, 0.717) is 11.5 Å². The third kappa shape index (κ3) is 4.18. The number of nitrogens with two attached hydrogens (primary N) is 2. The van der Waals surface area contributed by atoms with Crippen molar-refractivity contribution in [2.75, 3.05) is 0 Å². The summed E-state index contributed by atoms with van der Waals surface area (Å²) in [6.45, 7) is 0. The number of amidine groups is 2. The number of benzene rings is 3. The molecule has 26 heavy (non-hydrogen) atoms. The van der Waals surface area contributed by atoms with Gasteiger partial charge in [0.05, 0.1) is 0 Å². The maximum Gasteiger partial charge on any atom is 0.284 e. The lowest BCUT2D eigenvalue weighted by Gasteiger charge is -2.08. The summed E-state index contributed by atoms with van der Waals surface area (Å²) in [6.07, 6.45) is 0. The summed E-state index contributed by atoms with van der Waals surface area (Å²) in [6, 6.07) is 22.3. The van der Waals surface area contributed by atoms with Gasteiger partial charge in [0.1, 0.15) is 11.5 Å². The lowest BCUT2D eigenvalue weighted by atomic mass is 10.0. The molecular formula is C20H18N4O2. The van der Waals surface area contributed by atoms with Crippen molar-refractivity contribution >= 4 is 12.0 Å². The molecule has 0 saturated carbocycles. The van der Waals surface area contributed by atoms with Crippen LogP contribution in [0.2, 0.25) is 0 Å². The molecular weight excluding hydrogens is 328 g/mol. The van der Waals surface area contributed by atoms with Gasteiger partial charge in [-0.25, -0.2) is 0 Å². The van der Waals surface area contributed by atoms with E-state index >= 15 is 0 Å². The molecule has 6 N–H and O–H groups in total. The van der Waals surface area contributed by atoms with Crippen molar-refractivity contribution in [2.45, 2.75) is 0 Å². The van der Waals surface area contributed by atoms with E-state index in [2.05, 4.69) is 0 Å². The van der Waals surface area contributed by atoms with Crippen molar-refractivity contribution < 1.29 is 9.47 Å². The number of ether oxygens (including phenoxy) is 2. The molecule has 0 atom stereocenters. The Morgan fingerprint density at radius 3 is 0.962 bits per heavy atom. The highest BCUT2D eigenvalue weighted by Crippen LogP contribution is 2.27. The highest BCUT2D eigenvalue weighted by atomic mass is 16.5. The first kappa shape index (κ1) is 17.0. The second-order valence-corrected chi connectivity index (χ2v) is 5.56. The van der Waals surface area contributed by atoms with Gasteiger partial charge in [-0.15, -0.1) is 0 Å². The third-order valence-electron chi connectivity index (χ3n) is 3.72. The molecule has 0 aliphatic carbocycles. The van der Waals surface area contributed by atoms with Crippen molar-refractivity contribution in [3.05, 3.63) is 72.8 Å². The smallest absolute Gasteiger partial charge is 0.284 e. The molecule has 0 aliphatic heterocycles. The van der Waals surface area contributed by atoms with Crippen LogP contribution in [-0.4, -0.2) is 12.0 Å². The fourth-order valence-electron chi connectivity index (χ4n) is 2.54. The van der Waals surface area contributed by atoms with Gasteiger partial charge < -0.3 is 20.9 Å². The van der Waals surface area contributed by atoms with Crippen LogP contribution >= 0.6 is 0 Å². The summed E-state index contributed by atoms with van der Waals surface area (Å²) in [4.78, 5) is 0. The van der Waals surface area contributed by atoms with Crippen molar-refractivity contribution in [3.63, 3.8) is 0 Å². The van der Waals surface area contributed by atoms with Crippen LogP contribution in [0, 0.1) is 10.8 Å². The Morgan fingerprint density at radius 1 is 0.500 bits per heavy atom. The van der Waals surface area contributed by atoms with Crippen LogP contribution in [0.25, 0.3) is 22.3 Å². The minimum Gasteiger partial charge on any atom is -0.426 e. The van der Waals surface area contributed by atoms with Crippen LogP contribution in [0.15, 0.2) is 72.8 Å². The Kier molecular flexibility index (Phi) is 4.85. The molecule has 0 aromatic heterocycles. The van der Waals surface area contributed by atoms with Crippen molar-refractivity contribution in [2.24, 2.45) is 11.5 Å². The molecule has 3 aromatic carbocycles. The molecule has 0 bridgehead atoms. The number of hydrogen-bond donors (Lipinski definition) is 4. The maximum absolute atomic E-state index is 7.13. The summed E-state index contributed by atoms with van der Waals surface area (Å²) < 4.78 is 10.1. The zero-order chi connectivity index (χ0) is 18.5. The molecule has 6 heteroatoms. The summed E-state index contributed by atoms with van der Waals surface area (Å²) in [5.74, 6) is 1.07. The average Bonchev–Trinajstić information content (AvgIpc) is 2.62. The molecule has 0 unspecified atom stereocenters. The van der Waals surface area contributed by atoms with Gasteiger partial charge in [0.15, 0.2) is 0 Å². The molecule has 0 amide bonds. The van der Waals surface area contributed by atoms with Crippen molar-refractivity contribution in [3.8, 4) is 33.8 Å². The average molecular weight is 346 g/mol. The number of hydrogen-bond acceptors (Lipinski definition) is 4. The molecule has 0 heterocycles. The Balaban J connectivity index is 1.75. The second-order valence-electron chi connectivity index (χ2n) is 5.56. The predicted octanol–water partition coefficient (Wildman–Crippen LogP) is 3.57. The van der Waals surface area contributed by atoms with E-state index in [1.165, 1.54) is 0 Å². The Hall–Kier alpha value is -3.80. The van der Waals surface area contributed by atoms with E-state index in [-0.39, 0.29) is 12.0 Å². The lowest BCUT2D eigenvalue weighted by Crippen LogP contribution is -2.17. The van der Waals surface area contributed by atoms with Gasteiger partial charge >= 0.3 is 0 Å². The van der Waals surface area contributed by atoms with Gasteiger partial charge in [0.2, 0.25) is 0 Å². The molecule has 0 spiro atoms. The van der Waals surface area contributed by atoms with Gasteiger partial charge in [-0.1, -0.05) is 48.5 Å². The molecule has 0 aliphatic rings. The van der Waals surface area contributed by atoms with Gasteiger partial charge in [0, 0.05) is 0 Å². The summed E-state index contributed by atoms with van der Waals surface area (Å²) >= 11 is 0. The van der Waals surface area contributed by atoms with Crippen LogP contribution in [0.1, 0.15) is 0 Å². The first-order chi connectivity index (χ1) is 12.5. The van der Waals surface area contributed by atoms with Gasteiger partial charge in [0.25, 0.3) is 12.0 Å². The Morgan fingerprint density at radius 2 is 0.731 bits per heavy atom. The van der Waals surface area contributed by atoms with Gasteiger partial charge in [-0.05, 0) is 46.5 Å². The SMILES string of the molecule is N=C(N)Oc1ccc(-c2ccc(-c3ccc(OC(=N)N)cc3)cc2)cc1. The van der Waals surface area contributed by atoms with Crippen LogP contribution in [-0.2, 0) is 0 Å². The Labute approximate surface area is 151 Å². The maximum atomic E-state index is 7.13. The molecule has 6 nitrogen and oxygen atoms in total. The molecule has 0 saturated heterocycles. The van der Waals surface area contributed by atoms with Gasteiger partial charge in [-0.3, -0.25) is 10.8 Å². The van der Waals surface area contributed by atoms with Gasteiger partial charge in [-0.2, -0.15) is 0 Å². The number of rotatable bonds is 4. The second kappa shape index (κ2) is 7.40. The van der Waals surface area contributed by atoms with E-state index < -0.39 is 0 Å². The first-order valence-corrected chi connectivity index (χ1v) is 7.86. The standard InChI is InChI=1S/C20H18N4O2/c21-19(22)25-17-9-5-15(6-10-17)13-1-2-14(4-3-13)16-7-11-18(12-8-16)26-20(23)24/h1-12H,(H3,21,22)(H3,23,24). The fourth-order valence-corrected chi connectivity index (χ4v) is 2.54. The minimum atomic E-state index is -0.332. The summed E-state index contributed by atoms with van der Waals surface area (Å²) in [5, 5.41) is 14.3. The van der Waals surface area contributed by atoms with Crippen molar-refractivity contribution in [1.29, 1.82) is 10.8 Å². The monoisotopic (exact) mass is 346 g/mol. The van der Waals surface area contributed by atoms with Crippen LogP contribution in [0.5, 0.6) is 11.5 Å². The first-order valence-electron chi connectivity index (χ1n) is 7.86. The lowest BCUT2D eigenvalue weighted by molar-refractivity contribution is 0.537. The zero-order valence-corrected chi connectivity index (χ0v) is 13.9. The minimum absolute atomic E-state index is 0.332. The van der Waals surface area contributed by atoms with Crippen LogP contribution < -0.4 is 20.9 Å². The van der Waals surface area contributed by atoms with E-state index in [0.717, 1.165) is 22.3 Å². The van der Waals surface area contributed by atoms with Crippen LogP contribution in [0.3, 0.4) is 0 Å². The van der Waals surface area contributed by atoms with Crippen molar-refractivity contribution in [1.82, 2.24) is 0 Å². The Bertz CT molecular complexity index is 839. The normalized spacial score (nSPS) is 10.2. The molecule has 3 aromatic rings. The largest absolute Gasteiger partial charge is 0.426 e.